The second-order valence-electron chi connectivity index (χ2n) is 0.394. The molecule has 0 unspecified atom stereocenters. The molecule has 0 rings (SSSR count). The van der Waals surface area contributed by atoms with E-state index in [0.29, 0.717) is 0 Å². The van der Waals surface area contributed by atoms with Crippen molar-refractivity contribution >= 4 is 29.0 Å². The molecule has 0 aromatic carbocycles. The molecule has 0 aliphatic carbocycles. The van der Waals surface area contributed by atoms with Crippen molar-refractivity contribution in [2.75, 3.05) is 0 Å². The van der Waals surface area contributed by atoms with Gasteiger partial charge in [-0.2, -0.15) is 0 Å². The van der Waals surface area contributed by atoms with Gasteiger partial charge >= 0.3 is 29.0 Å². The van der Waals surface area contributed by atoms with Crippen LogP contribution in [0.3, 0.4) is 0 Å². The summed E-state index contributed by atoms with van der Waals surface area (Å²) in [7, 11) is 0. The van der Waals surface area contributed by atoms with Gasteiger partial charge in [0.1, 0.15) is 0 Å². The van der Waals surface area contributed by atoms with Gasteiger partial charge in [-0.05, 0) is 0 Å². The average Bonchev–Trinajstić information content (AvgIpc) is 0.811. The van der Waals surface area contributed by atoms with Crippen molar-refractivity contribution in [1.29, 1.82) is 0 Å². The SMILES string of the molecule is [CH2]C(=O)O.[MgH2].[Zn]. The Hall–Kier alpha value is 0.860. The first kappa shape index (κ1) is 15.8. The van der Waals surface area contributed by atoms with Crippen LogP contribution in [0.1, 0.15) is 0 Å². The van der Waals surface area contributed by atoms with E-state index >= 15 is 0 Å². The van der Waals surface area contributed by atoms with Crippen LogP contribution in [0.25, 0.3) is 0 Å². The van der Waals surface area contributed by atoms with E-state index in [1.165, 1.54) is 0 Å². The van der Waals surface area contributed by atoms with Gasteiger partial charge in [0.05, 0.1) is 6.92 Å². The second kappa shape index (κ2) is 9.29. The number of carboxylic acids is 1. The smallest absolute Gasteiger partial charge is 0.316 e. The fourth-order valence-corrected chi connectivity index (χ4v) is 0. The third kappa shape index (κ3) is 98.0. The Labute approximate surface area is 65.2 Å². The minimum absolute atomic E-state index is 0. The number of aliphatic carboxylic acids is 1. The molecule has 0 aliphatic heterocycles. The van der Waals surface area contributed by atoms with Crippen LogP contribution < -0.4 is 0 Å². The number of rotatable bonds is 0. The van der Waals surface area contributed by atoms with Crippen molar-refractivity contribution in [3.63, 3.8) is 0 Å². The summed E-state index contributed by atoms with van der Waals surface area (Å²) < 4.78 is 0. The number of hydrogen-bond acceptors (Lipinski definition) is 1. The molecule has 0 atom stereocenters. The van der Waals surface area contributed by atoms with Crippen LogP contribution in [-0.2, 0) is 24.3 Å². The van der Waals surface area contributed by atoms with Gasteiger partial charge in [0.15, 0.2) is 0 Å². The molecule has 0 heterocycles. The molecule has 6 heavy (non-hydrogen) atoms. The molecule has 4 heteroatoms. The summed E-state index contributed by atoms with van der Waals surface area (Å²) in [6.07, 6.45) is 0. The van der Waals surface area contributed by atoms with Gasteiger partial charge in [0, 0.05) is 19.5 Å². The van der Waals surface area contributed by atoms with Crippen molar-refractivity contribution in [2.45, 2.75) is 0 Å². The standard InChI is InChI=1S/C2H3O2.Mg.Zn.2H/c1-2(3)4;;;;/h1H2,(H,3,4);;;;. The van der Waals surface area contributed by atoms with Crippen LogP contribution in [0.4, 0.5) is 0 Å². The maximum Gasteiger partial charge on any atom is 0.316 e. The van der Waals surface area contributed by atoms with E-state index in [-0.39, 0.29) is 42.5 Å². The van der Waals surface area contributed by atoms with Crippen LogP contribution in [0.2, 0.25) is 0 Å². The van der Waals surface area contributed by atoms with Crippen LogP contribution in [0, 0.1) is 6.92 Å². The Bertz CT molecular complexity index is 34.5. The van der Waals surface area contributed by atoms with E-state index in [1.54, 1.807) is 0 Å². The van der Waals surface area contributed by atoms with E-state index in [4.69, 9.17) is 9.90 Å². The molecule has 29 valence electrons. The molecule has 0 bridgehead atoms. The molecule has 0 saturated heterocycles. The van der Waals surface area contributed by atoms with Gasteiger partial charge in [0.2, 0.25) is 0 Å². The molecule has 1 N–H and O–H groups in total. The summed E-state index contributed by atoms with van der Waals surface area (Å²) >= 11 is 0. The largest absolute Gasteiger partial charge is 0.481 e. The number of carboxylic acid groups (broad SMARTS) is 1. The van der Waals surface area contributed by atoms with E-state index in [1.807, 2.05) is 0 Å². The van der Waals surface area contributed by atoms with E-state index in [0.717, 1.165) is 0 Å². The number of hydrogen-bond donors (Lipinski definition) is 1. The zero-order chi connectivity index (χ0) is 3.58. The Morgan fingerprint density at radius 2 is 1.67 bits per heavy atom. The number of carbonyl (C=O) groups is 1. The van der Waals surface area contributed by atoms with Gasteiger partial charge in [-0.1, -0.05) is 0 Å². The molecule has 0 spiro atoms. The third-order valence-electron chi connectivity index (χ3n) is 0. The zero-order valence-corrected chi connectivity index (χ0v) is 5.74. The van der Waals surface area contributed by atoms with E-state index in [9.17, 15) is 0 Å². The van der Waals surface area contributed by atoms with Crippen molar-refractivity contribution in [3.05, 3.63) is 6.92 Å². The normalized spacial score (nSPS) is 4.17. The minimum Gasteiger partial charge on any atom is -0.481 e. The van der Waals surface area contributed by atoms with Gasteiger partial charge in [0.25, 0.3) is 0 Å². The Balaban J connectivity index is -0.0000000450. The predicted octanol–water partition coefficient (Wildman–Crippen LogP) is -1.01. The molecule has 0 fully saturated rings. The molecule has 0 saturated carbocycles. The van der Waals surface area contributed by atoms with Crippen LogP contribution in [0.5, 0.6) is 0 Å². The zero-order valence-electron chi connectivity index (χ0n) is 2.77. The molecular weight excluding hydrogens is 146 g/mol. The van der Waals surface area contributed by atoms with Crippen molar-refractivity contribution < 1.29 is 29.4 Å². The van der Waals surface area contributed by atoms with Gasteiger partial charge in [-0.15, -0.1) is 0 Å². The first-order chi connectivity index (χ1) is 1.73. The maximum atomic E-state index is 8.89. The van der Waals surface area contributed by atoms with Gasteiger partial charge in [-0.3, -0.25) is 4.79 Å². The van der Waals surface area contributed by atoms with Gasteiger partial charge < -0.3 is 5.11 Å². The molecule has 0 aromatic heterocycles. The van der Waals surface area contributed by atoms with Gasteiger partial charge in [-0.25, -0.2) is 0 Å². The summed E-state index contributed by atoms with van der Waals surface area (Å²) in [5, 5.41) is 7.31. The molecule has 0 aliphatic rings. The Kier molecular flexibility index (Phi) is 24.5. The molecular formula is C2H5MgO2Zn. The Morgan fingerprint density at radius 1 is 1.67 bits per heavy atom. The maximum absolute atomic E-state index is 8.89. The average molecular weight is 151 g/mol. The second-order valence-corrected chi connectivity index (χ2v) is 0.394. The summed E-state index contributed by atoms with van der Waals surface area (Å²) in [6, 6.07) is 0. The summed E-state index contributed by atoms with van der Waals surface area (Å²) in [5.41, 5.74) is 0. The van der Waals surface area contributed by atoms with E-state index in [2.05, 4.69) is 6.92 Å². The topological polar surface area (TPSA) is 37.3 Å². The first-order valence-corrected chi connectivity index (χ1v) is 0.781. The van der Waals surface area contributed by atoms with Crippen LogP contribution in [-0.4, -0.2) is 34.1 Å². The molecule has 0 aromatic rings. The predicted molar refractivity (Wildman–Crippen MR) is 21.5 cm³/mol. The fourth-order valence-electron chi connectivity index (χ4n) is 0. The summed E-state index contributed by atoms with van der Waals surface area (Å²) in [6.45, 7) is 2.56. The van der Waals surface area contributed by atoms with Crippen LogP contribution in [0.15, 0.2) is 0 Å². The quantitative estimate of drug-likeness (QED) is 0.450. The van der Waals surface area contributed by atoms with Crippen LogP contribution >= 0.6 is 0 Å². The van der Waals surface area contributed by atoms with Crippen molar-refractivity contribution in [1.82, 2.24) is 0 Å². The monoisotopic (exact) mass is 149 g/mol. The first-order valence-electron chi connectivity index (χ1n) is 0.781. The molecule has 2 nitrogen and oxygen atoms in total. The molecule has 0 amide bonds. The molecule has 1 radical (unpaired) electrons. The third-order valence-corrected chi connectivity index (χ3v) is 0. The van der Waals surface area contributed by atoms with Crippen molar-refractivity contribution in [2.24, 2.45) is 0 Å². The van der Waals surface area contributed by atoms with Crippen molar-refractivity contribution in [3.8, 4) is 0 Å². The Morgan fingerprint density at radius 3 is 1.67 bits per heavy atom. The minimum atomic E-state index is -1.08. The summed E-state index contributed by atoms with van der Waals surface area (Å²) in [4.78, 5) is 8.89. The summed E-state index contributed by atoms with van der Waals surface area (Å²) in [5.74, 6) is -1.08. The van der Waals surface area contributed by atoms with E-state index < -0.39 is 5.97 Å². The fraction of sp³-hybridized carbons (Fsp3) is 0.